The van der Waals surface area contributed by atoms with Gasteiger partial charge in [0.05, 0.1) is 17.4 Å². The number of aliphatic imine (C=N–C) groups is 1. The van der Waals surface area contributed by atoms with Gasteiger partial charge in [-0.1, -0.05) is 103 Å². The topological polar surface area (TPSA) is 74.2 Å². The Labute approximate surface area is 242 Å². The largest absolute Gasteiger partial charge is 0.351 e. The molecule has 2 atom stereocenters. The summed E-state index contributed by atoms with van der Waals surface area (Å²) in [5.41, 5.74) is 6.84. The van der Waals surface area contributed by atoms with Gasteiger partial charge >= 0.3 is 5.97 Å². The molecule has 3 aromatic rings. The number of hydrazine groups is 1. The summed E-state index contributed by atoms with van der Waals surface area (Å²) in [6.07, 6.45) is 7.89. The van der Waals surface area contributed by atoms with Crippen LogP contribution in [-0.4, -0.2) is 41.1 Å². The van der Waals surface area contributed by atoms with Crippen molar-refractivity contribution in [2.24, 2.45) is 4.99 Å². The Morgan fingerprint density at radius 1 is 0.976 bits per heavy atom. The molecule has 3 aromatic carbocycles. The van der Waals surface area contributed by atoms with E-state index in [1.807, 2.05) is 78.9 Å². The fraction of sp³-hybridized carbons (Fsp3) is 0.324. The van der Waals surface area contributed by atoms with Crippen LogP contribution in [0.1, 0.15) is 61.6 Å². The lowest BCUT2D eigenvalue weighted by atomic mass is 9.98. The monoisotopic (exact) mass is 550 g/mol. The molecule has 41 heavy (non-hydrogen) atoms. The number of likely N-dealkylation sites (tertiary alicyclic amines) is 1. The van der Waals surface area contributed by atoms with E-state index in [0.717, 1.165) is 61.8 Å². The fourth-order valence-corrected chi connectivity index (χ4v) is 5.59. The van der Waals surface area contributed by atoms with E-state index in [0.29, 0.717) is 24.4 Å². The van der Waals surface area contributed by atoms with Gasteiger partial charge in [0.25, 0.3) is 5.91 Å². The number of para-hydroxylation sites is 1. The summed E-state index contributed by atoms with van der Waals surface area (Å²) in [6.45, 7) is 5.30. The van der Waals surface area contributed by atoms with Crippen molar-refractivity contribution in [1.29, 1.82) is 0 Å². The number of carbonyl (C=O) groups excluding carboxylic acids is 2. The average molecular weight is 551 g/mol. The molecule has 0 aromatic heterocycles. The molecule has 1 N–H and O–H groups in total. The molecule has 1 amide bonds. The third kappa shape index (κ3) is 6.99. The Bertz CT molecular complexity index is 1360. The molecule has 0 bridgehead atoms. The molecule has 7 heteroatoms. The van der Waals surface area contributed by atoms with Gasteiger partial charge in [-0.05, 0) is 50.3 Å². The highest BCUT2D eigenvalue weighted by Gasteiger charge is 2.37. The number of benzene rings is 3. The van der Waals surface area contributed by atoms with Gasteiger partial charge in [0, 0.05) is 17.7 Å². The lowest BCUT2D eigenvalue weighted by Crippen LogP contribution is -2.52. The van der Waals surface area contributed by atoms with Crippen molar-refractivity contribution in [1.82, 2.24) is 10.5 Å². The van der Waals surface area contributed by atoms with E-state index in [-0.39, 0.29) is 11.9 Å². The number of rotatable bonds is 10. The second-order valence-corrected chi connectivity index (χ2v) is 10.6. The second-order valence-electron chi connectivity index (χ2n) is 10.6. The van der Waals surface area contributed by atoms with Crippen molar-refractivity contribution in [3.05, 3.63) is 114 Å². The van der Waals surface area contributed by atoms with Crippen LogP contribution in [0.25, 0.3) is 0 Å². The smallest absolute Gasteiger partial charge is 0.348 e. The molecular formula is C34H38N4O3. The first-order valence-electron chi connectivity index (χ1n) is 14.6. The highest BCUT2D eigenvalue weighted by atomic mass is 16.7. The van der Waals surface area contributed by atoms with E-state index in [1.54, 1.807) is 0 Å². The Hall–Kier alpha value is -4.07. The first-order chi connectivity index (χ1) is 20.2. The number of anilines is 1. The van der Waals surface area contributed by atoms with E-state index in [1.165, 1.54) is 5.01 Å². The molecular weight excluding hydrogens is 512 g/mol. The summed E-state index contributed by atoms with van der Waals surface area (Å²) in [7, 11) is 0. The van der Waals surface area contributed by atoms with Crippen LogP contribution in [0.5, 0.6) is 0 Å². The highest BCUT2D eigenvalue weighted by Crippen LogP contribution is 2.29. The molecule has 1 saturated heterocycles. The van der Waals surface area contributed by atoms with Crippen LogP contribution >= 0.6 is 0 Å². The summed E-state index contributed by atoms with van der Waals surface area (Å²) < 4.78 is 0. The number of hydrogen-bond donors (Lipinski definition) is 1. The minimum Gasteiger partial charge on any atom is -0.348 e. The van der Waals surface area contributed by atoms with Crippen LogP contribution in [-0.2, 0) is 21.0 Å². The van der Waals surface area contributed by atoms with Crippen molar-refractivity contribution in [3.63, 3.8) is 0 Å². The number of nitrogens with one attached hydrogen (secondary N) is 1. The van der Waals surface area contributed by atoms with Crippen molar-refractivity contribution in [3.8, 4) is 0 Å². The third-order valence-corrected chi connectivity index (χ3v) is 7.73. The standard InChI is InChI=1S/C34H38N4O3/c1-2-3-4-5-12-21-29-34(40)41-36-38(33(39)31-23-15-24-37(31)25-26-16-8-6-9-17-26)30-22-14-13-20-28(30)32(35-29)27-18-10-7-11-19-27/h2,6-11,13-14,16-20,22,29,31,36H,1,3-5,12,15,21,23-25H2. The van der Waals surface area contributed by atoms with E-state index in [4.69, 9.17) is 9.83 Å². The van der Waals surface area contributed by atoms with Gasteiger partial charge in [0.2, 0.25) is 0 Å². The van der Waals surface area contributed by atoms with Gasteiger partial charge in [-0.2, -0.15) is 0 Å². The summed E-state index contributed by atoms with van der Waals surface area (Å²) >= 11 is 0. The summed E-state index contributed by atoms with van der Waals surface area (Å²) in [6, 6.07) is 26.6. The SMILES string of the molecule is C=CCCCCCC1N=C(c2ccccc2)c2ccccc2N(C(=O)C2CCCN2Cc2ccccc2)NOC1=O. The quantitative estimate of drug-likeness (QED) is 0.248. The zero-order valence-electron chi connectivity index (χ0n) is 23.5. The summed E-state index contributed by atoms with van der Waals surface area (Å²) in [4.78, 5) is 40.5. The lowest BCUT2D eigenvalue weighted by molar-refractivity contribution is -0.154. The third-order valence-electron chi connectivity index (χ3n) is 7.73. The van der Waals surface area contributed by atoms with E-state index in [9.17, 15) is 9.59 Å². The number of allylic oxidation sites excluding steroid dienone is 1. The van der Waals surface area contributed by atoms with Gasteiger partial charge in [0.1, 0.15) is 6.04 Å². The van der Waals surface area contributed by atoms with Crippen LogP contribution in [0.4, 0.5) is 5.69 Å². The normalized spacial score (nSPS) is 19.4. The van der Waals surface area contributed by atoms with Gasteiger partial charge in [-0.25, -0.2) is 9.80 Å². The number of nitrogens with zero attached hydrogens (tertiary/aromatic N) is 3. The maximum atomic E-state index is 14.2. The molecule has 0 spiro atoms. The van der Waals surface area contributed by atoms with E-state index in [2.05, 4.69) is 29.2 Å². The Kier molecular flexibility index (Phi) is 9.73. The molecule has 2 heterocycles. The van der Waals surface area contributed by atoms with Crippen LogP contribution in [0.15, 0.2) is 103 Å². The fourth-order valence-electron chi connectivity index (χ4n) is 5.59. The van der Waals surface area contributed by atoms with Gasteiger partial charge < -0.3 is 4.84 Å². The van der Waals surface area contributed by atoms with Crippen LogP contribution in [0.2, 0.25) is 0 Å². The number of carbonyl (C=O) groups is 2. The van der Waals surface area contributed by atoms with Crippen molar-refractivity contribution >= 4 is 23.3 Å². The minimum atomic E-state index is -0.703. The summed E-state index contributed by atoms with van der Waals surface area (Å²) in [5, 5.41) is 1.41. The zero-order chi connectivity index (χ0) is 28.4. The molecule has 2 unspecified atom stereocenters. The molecule has 1 fully saturated rings. The number of hydrogen-bond acceptors (Lipinski definition) is 6. The van der Waals surface area contributed by atoms with Crippen LogP contribution < -0.4 is 10.6 Å². The Balaban J connectivity index is 1.48. The van der Waals surface area contributed by atoms with Crippen molar-refractivity contribution in [2.75, 3.05) is 11.6 Å². The van der Waals surface area contributed by atoms with Crippen LogP contribution in [0.3, 0.4) is 0 Å². The molecule has 0 radical (unpaired) electrons. The number of amides is 1. The molecule has 5 rings (SSSR count). The molecule has 0 aliphatic carbocycles. The maximum Gasteiger partial charge on any atom is 0.351 e. The molecule has 212 valence electrons. The first-order valence-corrected chi connectivity index (χ1v) is 14.6. The average Bonchev–Trinajstić information content (AvgIpc) is 3.49. The number of unbranched alkanes of at least 4 members (excludes halogenated alkanes) is 3. The second kappa shape index (κ2) is 14.0. The highest BCUT2D eigenvalue weighted by molar-refractivity contribution is 6.18. The molecule has 0 saturated carbocycles. The van der Waals surface area contributed by atoms with Gasteiger partial charge in [0.15, 0.2) is 0 Å². The first kappa shape index (κ1) is 28.5. The van der Waals surface area contributed by atoms with Gasteiger partial charge in [-0.3, -0.25) is 14.7 Å². The lowest BCUT2D eigenvalue weighted by Gasteiger charge is -2.30. The minimum absolute atomic E-state index is 0.158. The predicted octanol–water partition coefficient (Wildman–Crippen LogP) is 6.00. The molecule has 2 aliphatic rings. The van der Waals surface area contributed by atoms with Crippen molar-refractivity contribution < 1.29 is 14.4 Å². The Morgan fingerprint density at radius 2 is 1.71 bits per heavy atom. The summed E-state index contributed by atoms with van der Waals surface area (Å²) in [5.74, 6) is -0.658. The van der Waals surface area contributed by atoms with Crippen molar-refractivity contribution in [2.45, 2.75) is 63.6 Å². The van der Waals surface area contributed by atoms with Crippen LogP contribution in [0, 0.1) is 0 Å². The van der Waals surface area contributed by atoms with E-state index < -0.39 is 12.0 Å². The molecule has 2 aliphatic heterocycles. The predicted molar refractivity (Wildman–Crippen MR) is 162 cm³/mol. The Morgan fingerprint density at radius 3 is 2.49 bits per heavy atom. The zero-order valence-corrected chi connectivity index (χ0v) is 23.5. The molecule has 7 nitrogen and oxygen atoms in total. The number of fused-ring (bicyclic) bond motifs is 1. The maximum absolute atomic E-state index is 14.2. The van der Waals surface area contributed by atoms with Gasteiger partial charge in [-0.15, -0.1) is 6.58 Å². The van der Waals surface area contributed by atoms with E-state index >= 15 is 0 Å².